The highest BCUT2D eigenvalue weighted by atomic mass is 32.2. The molecule has 208 valence electrons. The van der Waals surface area contributed by atoms with Crippen LogP contribution < -0.4 is 11.3 Å². The zero-order chi connectivity index (χ0) is 28.4. The first-order chi connectivity index (χ1) is 18.5. The SMILES string of the molecule is CCC(c1nc2onc(C)c2c(=O)n1Cc1ccccc1)N(CCCN)S(=O)(=O)c1ccc(C(C)(C)C)cc1. The highest BCUT2D eigenvalue weighted by molar-refractivity contribution is 7.89. The highest BCUT2D eigenvalue weighted by Crippen LogP contribution is 2.32. The van der Waals surface area contributed by atoms with E-state index in [9.17, 15) is 13.2 Å². The summed E-state index contributed by atoms with van der Waals surface area (Å²) in [4.78, 5) is 18.7. The van der Waals surface area contributed by atoms with Gasteiger partial charge in [0.15, 0.2) is 0 Å². The third-order valence-corrected chi connectivity index (χ3v) is 8.84. The van der Waals surface area contributed by atoms with Crippen LogP contribution in [0, 0.1) is 6.92 Å². The van der Waals surface area contributed by atoms with Gasteiger partial charge in [-0.25, -0.2) is 8.42 Å². The van der Waals surface area contributed by atoms with Gasteiger partial charge in [0.1, 0.15) is 11.2 Å². The van der Waals surface area contributed by atoms with Crippen LogP contribution in [0.2, 0.25) is 0 Å². The highest BCUT2D eigenvalue weighted by Gasteiger charge is 2.35. The molecular formula is C29H37N5O4S. The van der Waals surface area contributed by atoms with E-state index in [1.165, 1.54) is 4.31 Å². The van der Waals surface area contributed by atoms with Gasteiger partial charge in [-0.15, -0.1) is 0 Å². The Labute approximate surface area is 229 Å². The summed E-state index contributed by atoms with van der Waals surface area (Å²) < 4.78 is 36.6. The maximum Gasteiger partial charge on any atom is 0.267 e. The summed E-state index contributed by atoms with van der Waals surface area (Å²) in [6.07, 6.45) is 0.826. The molecule has 4 aromatic rings. The van der Waals surface area contributed by atoms with E-state index < -0.39 is 16.1 Å². The van der Waals surface area contributed by atoms with Gasteiger partial charge in [0, 0.05) is 6.54 Å². The first kappa shape index (κ1) is 28.7. The number of nitrogens with zero attached hydrogens (tertiary/aromatic N) is 4. The Hall–Kier alpha value is -3.34. The van der Waals surface area contributed by atoms with E-state index in [1.54, 1.807) is 23.6 Å². The zero-order valence-corrected chi connectivity index (χ0v) is 24.0. The van der Waals surface area contributed by atoms with Crippen LogP contribution in [-0.4, -0.2) is 40.5 Å². The first-order valence-electron chi connectivity index (χ1n) is 13.2. The molecule has 0 aliphatic heterocycles. The van der Waals surface area contributed by atoms with Crippen molar-refractivity contribution in [1.29, 1.82) is 0 Å². The van der Waals surface area contributed by atoms with Crippen LogP contribution in [0.5, 0.6) is 0 Å². The number of nitrogens with two attached hydrogens (primary N) is 1. The molecule has 9 nitrogen and oxygen atoms in total. The summed E-state index contributed by atoms with van der Waals surface area (Å²) in [5, 5.41) is 4.24. The van der Waals surface area contributed by atoms with Gasteiger partial charge in [0.05, 0.1) is 23.2 Å². The topological polar surface area (TPSA) is 124 Å². The summed E-state index contributed by atoms with van der Waals surface area (Å²) in [6, 6.07) is 15.8. The van der Waals surface area contributed by atoms with Crippen molar-refractivity contribution in [2.75, 3.05) is 13.1 Å². The summed E-state index contributed by atoms with van der Waals surface area (Å²) in [5.41, 5.74) is 7.85. The second-order valence-corrected chi connectivity index (χ2v) is 12.6. The molecule has 2 aromatic heterocycles. The van der Waals surface area contributed by atoms with E-state index in [-0.39, 0.29) is 34.7 Å². The Morgan fingerprint density at radius 3 is 2.33 bits per heavy atom. The van der Waals surface area contributed by atoms with Crippen LogP contribution in [0.15, 0.2) is 68.8 Å². The lowest BCUT2D eigenvalue weighted by atomic mass is 9.87. The molecule has 39 heavy (non-hydrogen) atoms. The van der Waals surface area contributed by atoms with Gasteiger partial charge in [0.25, 0.3) is 11.3 Å². The molecule has 2 N–H and O–H groups in total. The number of aryl methyl sites for hydroxylation is 1. The molecule has 0 radical (unpaired) electrons. The molecule has 0 bridgehead atoms. The van der Waals surface area contributed by atoms with Crippen LogP contribution in [0.4, 0.5) is 0 Å². The van der Waals surface area contributed by atoms with Crippen molar-refractivity contribution < 1.29 is 12.9 Å². The molecule has 0 saturated heterocycles. The van der Waals surface area contributed by atoms with Gasteiger partial charge < -0.3 is 10.3 Å². The van der Waals surface area contributed by atoms with E-state index in [0.29, 0.717) is 36.3 Å². The lowest BCUT2D eigenvalue weighted by Crippen LogP contribution is -2.40. The molecule has 0 aliphatic rings. The lowest BCUT2D eigenvalue weighted by Gasteiger charge is -2.31. The summed E-state index contributed by atoms with van der Waals surface area (Å²) in [5.74, 6) is 0.307. The number of benzene rings is 2. The lowest BCUT2D eigenvalue weighted by molar-refractivity contribution is 0.293. The van der Waals surface area contributed by atoms with Crippen LogP contribution in [0.25, 0.3) is 11.1 Å². The maximum absolute atomic E-state index is 14.1. The van der Waals surface area contributed by atoms with Gasteiger partial charge >= 0.3 is 0 Å². The van der Waals surface area contributed by atoms with Crippen LogP contribution in [0.1, 0.15) is 69.2 Å². The van der Waals surface area contributed by atoms with Crippen molar-refractivity contribution in [3.05, 3.63) is 87.6 Å². The van der Waals surface area contributed by atoms with Crippen molar-refractivity contribution in [1.82, 2.24) is 19.0 Å². The molecule has 1 unspecified atom stereocenters. The number of hydrogen-bond acceptors (Lipinski definition) is 7. The fourth-order valence-electron chi connectivity index (χ4n) is 4.72. The molecule has 4 rings (SSSR count). The predicted octanol–water partition coefficient (Wildman–Crippen LogP) is 4.53. The Balaban J connectivity index is 1.89. The molecule has 0 aliphatic carbocycles. The third-order valence-electron chi connectivity index (χ3n) is 6.92. The van der Waals surface area contributed by atoms with E-state index in [4.69, 9.17) is 15.2 Å². The number of fused-ring (bicyclic) bond motifs is 1. The third kappa shape index (κ3) is 5.83. The van der Waals surface area contributed by atoms with E-state index in [1.807, 2.05) is 49.4 Å². The quantitative estimate of drug-likeness (QED) is 0.307. The minimum atomic E-state index is -3.97. The maximum atomic E-state index is 14.1. The average Bonchev–Trinajstić information content (AvgIpc) is 3.28. The molecule has 0 spiro atoms. The summed E-state index contributed by atoms with van der Waals surface area (Å²) in [7, 11) is -3.97. The summed E-state index contributed by atoms with van der Waals surface area (Å²) in [6.45, 7) is 10.5. The second kappa shape index (κ2) is 11.4. The Kier molecular flexibility index (Phi) is 8.39. The molecule has 0 saturated carbocycles. The van der Waals surface area contributed by atoms with Crippen molar-refractivity contribution >= 4 is 21.1 Å². The minimum Gasteiger partial charge on any atom is -0.335 e. The first-order valence-corrected chi connectivity index (χ1v) is 14.7. The van der Waals surface area contributed by atoms with E-state index in [0.717, 1.165) is 11.1 Å². The van der Waals surface area contributed by atoms with Crippen molar-refractivity contribution in [3.8, 4) is 0 Å². The normalized spacial score (nSPS) is 13.3. The molecular weight excluding hydrogens is 514 g/mol. The average molecular weight is 552 g/mol. The smallest absolute Gasteiger partial charge is 0.267 e. The summed E-state index contributed by atoms with van der Waals surface area (Å²) >= 11 is 0. The van der Waals surface area contributed by atoms with Crippen LogP contribution in [0.3, 0.4) is 0 Å². The van der Waals surface area contributed by atoms with Gasteiger partial charge in [0.2, 0.25) is 10.0 Å². The second-order valence-electron chi connectivity index (χ2n) is 10.8. The zero-order valence-electron chi connectivity index (χ0n) is 23.2. The Morgan fingerprint density at radius 2 is 1.74 bits per heavy atom. The number of rotatable bonds is 10. The molecule has 10 heteroatoms. The molecule has 1 atom stereocenters. The van der Waals surface area contributed by atoms with Gasteiger partial charge in [-0.1, -0.05) is 75.3 Å². The van der Waals surface area contributed by atoms with Crippen molar-refractivity contribution in [2.45, 2.75) is 70.4 Å². The molecule has 2 aromatic carbocycles. The van der Waals surface area contributed by atoms with Crippen molar-refractivity contribution in [3.63, 3.8) is 0 Å². The number of hydrogen-bond donors (Lipinski definition) is 1. The largest absolute Gasteiger partial charge is 0.335 e. The van der Waals surface area contributed by atoms with Crippen LogP contribution >= 0.6 is 0 Å². The minimum absolute atomic E-state index is 0.0981. The molecule has 0 amide bonds. The van der Waals surface area contributed by atoms with E-state index >= 15 is 0 Å². The van der Waals surface area contributed by atoms with Gasteiger partial charge in [-0.05, 0) is 55.0 Å². The van der Waals surface area contributed by atoms with E-state index in [2.05, 4.69) is 25.9 Å². The predicted molar refractivity (Wildman–Crippen MR) is 152 cm³/mol. The standard InChI is InChI=1S/C29H37N5O4S/c1-6-24(34(18-10-17-30)39(36,37)23-15-13-22(14-16-23)29(3,4)5)26-31-27-25(20(2)32-38-27)28(35)33(26)19-21-11-8-7-9-12-21/h7-9,11-16,24H,6,10,17-19,30H2,1-5H3. The van der Waals surface area contributed by atoms with Crippen molar-refractivity contribution in [2.24, 2.45) is 5.73 Å². The van der Waals surface area contributed by atoms with Gasteiger partial charge in [-0.2, -0.15) is 9.29 Å². The molecule has 0 fully saturated rings. The fraction of sp³-hybridized carbons (Fsp3) is 0.414. The fourth-order valence-corrected chi connectivity index (χ4v) is 6.42. The number of sulfonamides is 1. The number of aromatic nitrogens is 3. The molecule has 2 heterocycles. The van der Waals surface area contributed by atoms with Crippen LogP contribution in [-0.2, 0) is 22.0 Å². The van der Waals surface area contributed by atoms with Gasteiger partial charge in [-0.3, -0.25) is 9.36 Å². The Morgan fingerprint density at radius 1 is 1.08 bits per heavy atom. The Bertz CT molecular complexity index is 1590. The monoisotopic (exact) mass is 551 g/mol.